The minimum absolute atomic E-state index is 0.107. The van der Waals surface area contributed by atoms with Gasteiger partial charge in [-0.15, -0.1) is 0 Å². The topological polar surface area (TPSA) is 0 Å². The van der Waals surface area contributed by atoms with Crippen LogP contribution < -0.4 is 0 Å². The first-order valence-corrected chi connectivity index (χ1v) is 7.26. The molecule has 0 spiro atoms. The largest absolute Gasteiger partial charge is 0.0888 e. The minimum atomic E-state index is -0.107. The van der Waals surface area contributed by atoms with Crippen LogP contribution in [-0.2, 0) is 0 Å². The molecule has 0 aromatic heterocycles. The minimum Gasteiger partial charge on any atom is -0.0888 e. The second-order valence-corrected chi connectivity index (χ2v) is 8.47. The Bertz CT molecular complexity index is 258. The summed E-state index contributed by atoms with van der Waals surface area (Å²) in [6.07, 6.45) is 4.10. The Hall–Kier alpha value is 0.490. The molecule has 1 aliphatic rings. The first kappa shape index (κ1) is 12.6. The van der Waals surface area contributed by atoms with Gasteiger partial charge in [0, 0.05) is 10.7 Å². The van der Waals surface area contributed by atoms with Crippen molar-refractivity contribution in [3.05, 3.63) is 22.2 Å². The Labute approximate surface area is 98.1 Å². The average molecular weight is 251 g/mol. The Balaban J connectivity index is 2.87. The maximum absolute atomic E-state index is 6.21. The molecule has 0 bridgehead atoms. The highest BCUT2D eigenvalue weighted by Gasteiger charge is 2.30. The lowest BCUT2D eigenvalue weighted by atomic mass is 10.4. The lowest BCUT2D eigenvalue weighted by molar-refractivity contribution is 0.991. The van der Waals surface area contributed by atoms with Gasteiger partial charge in [0.1, 0.15) is 0 Å². The lowest BCUT2D eigenvalue weighted by Crippen LogP contribution is -2.14. The van der Waals surface area contributed by atoms with Crippen LogP contribution in [0.5, 0.6) is 0 Å². The fourth-order valence-electron chi connectivity index (χ4n) is 1.95. The smallest absolute Gasteiger partial charge is 0.0558 e. The van der Waals surface area contributed by atoms with Crippen LogP contribution in [0.3, 0.4) is 0 Å². The molecular weight excluding hydrogens is 234 g/mol. The molecule has 0 aromatic rings. The molecule has 3 heteroatoms. The van der Waals surface area contributed by atoms with Crippen LogP contribution in [0.2, 0.25) is 0 Å². The van der Waals surface area contributed by atoms with E-state index in [0.717, 1.165) is 10.1 Å². The molecule has 1 unspecified atom stereocenters. The van der Waals surface area contributed by atoms with Crippen molar-refractivity contribution in [2.45, 2.75) is 44.7 Å². The lowest BCUT2D eigenvalue weighted by Gasteiger charge is -2.31. The van der Waals surface area contributed by atoms with Crippen molar-refractivity contribution in [1.29, 1.82) is 0 Å². The molecule has 0 fully saturated rings. The number of halogens is 2. The normalized spacial score (nSPS) is 22.2. The summed E-state index contributed by atoms with van der Waals surface area (Å²) in [5.41, 5.74) is 1.77. The van der Waals surface area contributed by atoms with Crippen molar-refractivity contribution >= 4 is 31.1 Å². The first-order valence-electron chi connectivity index (χ1n) is 4.96. The van der Waals surface area contributed by atoms with Crippen LogP contribution in [0.4, 0.5) is 0 Å². The van der Waals surface area contributed by atoms with E-state index in [1.54, 1.807) is 0 Å². The van der Waals surface area contributed by atoms with Crippen molar-refractivity contribution in [2.24, 2.45) is 0 Å². The maximum Gasteiger partial charge on any atom is 0.0558 e. The van der Waals surface area contributed by atoms with Gasteiger partial charge in [-0.3, -0.25) is 0 Å². The van der Waals surface area contributed by atoms with Gasteiger partial charge < -0.3 is 0 Å². The molecular formula is C11H17Cl2P. The molecule has 80 valence electrons. The van der Waals surface area contributed by atoms with Gasteiger partial charge >= 0.3 is 0 Å². The predicted molar refractivity (Wildman–Crippen MR) is 68.9 cm³/mol. The van der Waals surface area contributed by atoms with Crippen LogP contribution in [0.15, 0.2) is 22.2 Å². The number of hydrogen-bond acceptors (Lipinski definition) is 0. The van der Waals surface area contributed by atoms with Crippen molar-refractivity contribution in [1.82, 2.24) is 0 Å². The Morgan fingerprint density at radius 2 is 1.64 bits per heavy atom. The highest BCUT2D eigenvalue weighted by Crippen LogP contribution is 2.56. The van der Waals surface area contributed by atoms with E-state index >= 15 is 0 Å². The fourth-order valence-corrected chi connectivity index (χ4v) is 5.85. The molecule has 1 atom stereocenters. The SMILES string of the molecule is CC(C)P(C(C)C)C1C=CC(Cl)=C1Cl. The van der Waals surface area contributed by atoms with Crippen molar-refractivity contribution in [3.8, 4) is 0 Å². The monoisotopic (exact) mass is 250 g/mol. The van der Waals surface area contributed by atoms with E-state index in [-0.39, 0.29) is 7.92 Å². The summed E-state index contributed by atoms with van der Waals surface area (Å²) in [4.78, 5) is 0. The molecule has 0 heterocycles. The molecule has 0 N–H and O–H groups in total. The van der Waals surface area contributed by atoms with Crippen LogP contribution in [0.25, 0.3) is 0 Å². The fraction of sp³-hybridized carbons (Fsp3) is 0.636. The Kier molecular flexibility index (Phi) is 4.50. The molecule has 0 aliphatic heterocycles. The number of allylic oxidation sites excluding steroid dienone is 4. The van der Waals surface area contributed by atoms with E-state index in [2.05, 4.69) is 33.8 Å². The van der Waals surface area contributed by atoms with Crippen molar-refractivity contribution in [3.63, 3.8) is 0 Å². The highest BCUT2D eigenvalue weighted by atomic mass is 35.5. The molecule has 1 rings (SSSR count). The zero-order valence-electron chi connectivity index (χ0n) is 9.09. The van der Waals surface area contributed by atoms with Gasteiger partial charge in [-0.1, -0.05) is 64.9 Å². The molecule has 0 nitrogen and oxygen atoms in total. The molecule has 0 saturated heterocycles. The molecule has 0 amide bonds. The van der Waals surface area contributed by atoms with Gasteiger partial charge in [0.05, 0.1) is 5.03 Å². The zero-order valence-corrected chi connectivity index (χ0v) is 11.5. The third-order valence-electron chi connectivity index (χ3n) is 2.43. The van der Waals surface area contributed by atoms with Crippen molar-refractivity contribution in [2.75, 3.05) is 0 Å². The Morgan fingerprint density at radius 3 is 1.93 bits per heavy atom. The highest BCUT2D eigenvalue weighted by molar-refractivity contribution is 7.60. The molecule has 0 aromatic carbocycles. The van der Waals surface area contributed by atoms with Gasteiger partial charge in [0.25, 0.3) is 0 Å². The summed E-state index contributed by atoms with van der Waals surface area (Å²) < 4.78 is 0. The third-order valence-corrected chi connectivity index (χ3v) is 6.90. The van der Waals surface area contributed by atoms with Crippen LogP contribution in [-0.4, -0.2) is 17.0 Å². The third kappa shape index (κ3) is 2.54. The van der Waals surface area contributed by atoms with Crippen LogP contribution in [0.1, 0.15) is 27.7 Å². The van der Waals surface area contributed by atoms with E-state index in [0.29, 0.717) is 17.0 Å². The maximum atomic E-state index is 6.21. The molecule has 1 aliphatic carbocycles. The second kappa shape index (κ2) is 5.01. The zero-order chi connectivity index (χ0) is 10.9. The van der Waals surface area contributed by atoms with Gasteiger partial charge in [-0.05, 0) is 17.4 Å². The van der Waals surface area contributed by atoms with Crippen molar-refractivity contribution < 1.29 is 0 Å². The summed E-state index contributed by atoms with van der Waals surface area (Å²) in [5.74, 6) is 0. The quantitative estimate of drug-likeness (QED) is 0.625. The summed E-state index contributed by atoms with van der Waals surface area (Å²) in [6.45, 7) is 9.09. The van der Waals surface area contributed by atoms with Crippen LogP contribution >= 0.6 is 31.1 Å². The van der Waals surface area contributed by atoms with E-state index < -0.39 is 0 Å². The number of hydrogen-bond donors (Lipinski definition) is 0. The standard InChI is InChI=1S/C11H17Cl2P/c1-7(2)14(8(3)4)10-6-5-9(12)11(10)13/h5-8,10H,1-4H3. The molecule has 0 saturated carbocycles. The first-order chi connectivity index (χ1) is 6.45. The van der Waals surface area contributed by atoms with Gasteiger partial charge in [-0.25, -0.2) is 0 Å². The summed E-state index contributed by atoms with van der Waals surface area (Å²) in [7, 11) is -0.107. The summed E-state index contributed by atoms with van der Waals surface area (Å²) >= 11 is 12.2. The van der Waals surface area contributed by atoms with Gasteiger partial charge in [0.15, 0.2) is 0 Å². The van der Waals surface area contributed by atoms with Crippen LogP contribution in [0, 0.1) is 0 Å². The van der Waals surface area contributed by atoms with E-state index in [4.69, 9.17) is 23.2 Å². The van der Waals surface area contributed by atoms with E-state index in [1.165, 1.54) is 0 Å². The summed E-state index contributed by atoms with van der Waals surface area (Å²) in [5, 5.41) is 1.57. The van der Waals surface area contributed by atoms with E-state index in [9.17, 15) is 0 Å². The van der Waals surface area contributed by atoms with Gasteiger partial charge in [0.2, 0.25) is 0 Å². The van der Waals surface area contributed by atoms with E-state index in [1.807, 2.05) is 6.08 Å². The second-order valence-electron chi connectivity index (χ2n) is 4.13. The predicted octanol–water partition coefficient (Wildman–Crippen LogP) is 4.91. The molecule has 14 heavy (non-hydrogen) atoms. The number of rotatable bonds is 3. The average Bonchev–Trinajstić information content (AvgIpc) is 2.35. The van der Waals surface area contributed by atoms with Gasteiger partial charge in [-0.2, -0.15) is 0 Å². The Morgan fingerprint density at radius 1 is 1.14 bits per heavy atom. The molecule has 0 radical (unpaired) electrons. The summed E-state index contributed by atoms with van der Waals surface area (Å²) in [6, 6.07) is 0.